The van der Waals surface area contributed by atoms with Crippen molar-refractivity contribution in [3.8, 4) is 0 Å². The van der Waals surface area contributed by atoms with Crippen LogP contribution in [0.4, 0.5) is 5.69 Å². The fraction of sp³-hybridized carbons (Fsp3) is 0.278. The largest absolute Gasteiger partial charge is 0.464 e. The molecule has 8 heteroatoms. The van der Waals surface area contributed by atoms with Crippen molar-refractivity contribution in [2.45, 2.75) is 19.4 Å². The molecule has 0 aliphatic carbocycles. The molecule has 8 nitrogen and oxygen atoms in total. The first-order valence-corrected chi connectivity index (χ1v) is 8.01. The maximum Gasteiger partial charge on any atom is 0.356 e. The van der Waals surface area contributed by atoms with Gasteiger partial charge in [0, 0.05) is 12.3 Å². The molecule has 2 amide bonds. The normalized spacial score (nSPS) is 11.5. The summed E-state index contributed by atoms with van der Waals surface area (Å²) in [5.74, 6) is -2.45. The Labute approximate surface area is 150 Å². The van der Waals surface area contributed by atoms with Gasteiger partial charge in [0.15, 0.2) is 0 Å². The Morgan fingerprint density at radius 1 is 1.19 bits per heavy atom. The summed E-state index contributed by atoms with van der Waals surface area (Å²) in [7, 11) is 1.22. The van der Waals surface area contributed by atoms with Crippen LogP contribution in [0.3, 0.4) is 0 Å². The van der Waals surface area contributed by atoms with E-state index < -0.39 is 23.8 Å². The molecular weight excluding hydrogens is 338 g/mol. The number of carbonyl (C=O) groups excluding carboxylic acids is 3. The van der Waals surface area contributed by atoms with E-state index in [2.05, 4.69) is 20.4 Å². The van der Waals surface area contributed by atoms with E-state index in [-0.39, 0.29) is 24.4 Å². The maximum atomic E-state index is 12.2. The molecule has 0 aliphatic heterocycles. The van der Waals surface area contributed by atoms with Crippen LogP contribution in [0.5, 0.6) is 0 Å². The number of aliphatic hydroxyl groups excluding tert-OH is 1. The van der Waals surface area contributed by atoms with Gasteiger partial charge in [0.25, 0.3) is 0 Å². The summed E-state index contributed by atoms with van der Waals surface area (Å²) >= 11 is 0. The summed E-state index contributed by atoms with van der Waals surface area (Å²) in [5.41, 5.74) is 1.62. The lowest BCUT2D eigenvalue weighted by molar-refractivity contribution is -0.136. The minimum Gasteiger partial charge on any atom is -0.464 e. The highest BCUT2D eigenvalue weighted by Crippen LogP contribution is 2.19. The number of nitrogens with one attached hydrogen (secondary N) is 3. The van der Waals surface area contributed by atoms with Crippen molar-refractivity contribution in [1.29, 1.82) is 0 Å². The number of methoxy groups -OCH3 is 1. The van der Waals surface area contributed by atoms with Crippen molar-refractivity contribution in [1.82, 2.24) is 10.3 Å². The number of hydrogen-bond acceptors (Lipinski definition) is 5. The molecule has 0 fully saturated rings. The highest BCUT2D eigenvalue weighted by molar-refractivity contribution is 6.40. The molecular formula is C18H21N3O5. The number of ether oxygens (including phenoxy) is 1. The van der Waals surface area contributed by atoms with Gasteiger partial charge in [0.1, 0.15) is 5.69 Å². The van der Waals surface area contributed by atoms with E-state index in [0.29, 0.717) is 5.69 Å². The fourth-order valence-electron chi connectivity index (χ4n) is 2.49. The Morgan fingerprint density at radius 3 is 2.50 bits per heavy atom. The van der Waals surface area contributed by atoms with Gasteiger partial charge in [-0.05, 0) is 25.0 Å². The molecule has 138 valence electrons. The van der Waals surface area contributed by atoms with Crippen LogP contribution in [0, 0.1) is 6.92 Å². The average Bonchev–Trinajstić information content (AvgIpc) is 3.01. The topological polar surface area (TPSA) is 121 Å². The van der Waals surface area contributed by atoms with E-state index >= 15 is 0 Å². The number of H-pyrrole nitrogens is 1. The lowest BCUT2D eigenvalue weighted by Crippen LogP contribution is -2.38. The Balaban J connectivity index is 2.10. The zero-order valence-electron chi connectivity index (χ0n) is 14.5. The van der Waals surface area contributed by atoms with Crippen molar-refractivity contribution in [3.05, 3.63) is 53.3 Å². The van der Waals surface area contributed by atoms with E-state index in [4.69, 9.17) is 0 Å². The number of aromatic nitrogens is 1. The Kier molecular flexibility index (Phi) is 6.51. The molecule has 0 aliphatic rings. The number of amides is 2. The molecule has 0 bridgehead atoms. The first kappa shape index (κ1) is 19.2. The first-order valence-electron chi connectivity index (χ1n) is 8.01. The van der Waals surface area contributed by atoms with Gasteiger partial charge in [0.05, 0.1) is 18.8 Å². The van der Waals surface area contributed by atoms with E-state index in [9.17, 15) is 19.5 Å². The van der Waals surface area contributed by atoms with Crippen molar-refractivity contribution in [2.24, 2.45) is 0 Å². The van der Waals surface area contributed by atoms with Crippen LogP contribution >= 0.6 is 0 Å². The number of rotatable bonds is 6. The molecule has 1 aromatic heterocycles. The van der Waals surface area contributed by atoms with E-state index in [1.54, 1.807) is 31.2 Å². The van der Waals surface area contributed by atoms with Crippen LogP contribution in [0.2, 0.25) is 0 Å². The zero-order chi connectivity index (χ0) is 19.1. The summed E-state index contributed by atoms with van der Waals surface area (Å²) in [4.78, 5) is 38.9. The zero-order valence-corrected chi connectivity index (χ0v) is 14.5. The second kappa shape index (κ2) is 8.82. The van der Waals surface area contributed by atoms with Gasteiger partial charge in [-0.3, -0.25) is 9.59 Å². The molecule has 2 aromatic rings. The predicted molar refractivity (Wildman–Crippen MR) is 94.5 cm³/mol. The highest BCUT2D eigenvalue weighted by Gasteiger charge is 2.23. The van der Waals surface area contributed by atoms with Crippen LogP contribution in [0.25, 0.3) is 0 Å². The molecule has 0 unspecified atom stereocenters. The minimum absolute atomic E-state index is 0.0566. The predicted octanol–water partition coefficient (Wildman–Crippen LogP) is 1.29. The van der Waals surface area contributed by atoms with Gasteiger partial charge in [-0.1, -0.05) is 30.3 Å². The van der Waals surface area contributed by atoms with Crippen molar-refractivity contribution < 1.29 is 24.2 Å². The molecule has 1 atom stereocenters. The monoisotopic (exact) mass is 359 g/mol. The summed E-state index contributed by atoms with van der Waals surface area (Å²) in [5, 5.41) is 14.2. The third-order valence-corrected chi connectivity index (χ3v) is 3.72. The number of esters is 1. The summed E-state index contributed by atoms with van der Waals surface area (Å²) in [6.45, 7) is 1.56. The van der Waals surface area contributed by atoms with Gasteiger partial charge in [0.2, 0.25) is 0 Å². The number of aryl methyl sites for hydroxylation is 1. The first-order chi connectivity index (χ1) is 12.5. The second-order valence-electron chi connectivity index (χ2n) is 5.64. The molecule has 0 spiro atoms. The molecule has 1 heterocycles. The number of benzene rings is 1. The molecule has 0 radical (unpaired) electrons. The van der Waals surface area contributed by atoms with Gasteiger partial charge >= 0.3 is 17.8 Å². The number of anilines is 1. The fourth-order valence-corrected chi connectivity index (χ4v) is 2.49. The Hall–Kier alpha value is -3.13. The third-order valence-electron chi connectivity index (χ3n) is 3.72. The smallest absolute Gasteiger partial charge is 0.356 e. The van der Waals surface area contributed by atoms with Crippen molar-refractivity contribution >= 4 is 23.5 Å². The SMILES string of the molecule is COC(=O)c1[nH]c(C)cc1NC(=O)C(=O)N[C@H](CCO)c1ccccc1. The minimum atomic E-state index is -0.923. The maximum absolute atomic E-state index is 12.2. The van der Waals surface area contributed by atoms with Crippen LogP contribution < -0.4 is 10.6 Å². The lowest BCUT2D eigenvalue weighted by atomic mass is 10.0. The van der Waals surface area contributed by atoms with Crippen molar-refractivity contribution in [3.63, 3.8) is 0 Å². The standard InChI is InChI=1S/C18H21N3O5/c1-11-10-14(15(19-11)18(25)26-2)21-17(24)16(23)20-13(8-9-22)12-6-4-3-5-7-12/h3-7,10,13,19,22H,8-9H2,1-2H3,(H,20,23)(H,21,24)/t13-/m1/s1. The molecule has 0 saturated carbocycles. The molecule has 26 heavy (non-hydrogen) atoms. The van der Waals surface area contributed by atoms with Gasteiger partial charge in [-0.2, -0.15) is 0 Å². The summed E-state index contributed by atoms with van der Waals surface area (Å²) in [6, 6.07) is 10.0. The number of aromatic amines is 1. The Morgan fingerprint density at radius 2 is 1.88 bits per heavy atom. The number of carbonyl (C=O) groups is 3. The molecule has 2 rings (SSSR count). The van der Waals surface area contributed by atoms with Gasteiger partial charge < -0.3 is 25.5 Å². The van der Waals surface area contributed by atoms with Crippen LogP contribution in [0.1, 0.15) is 34.2 Å². The summed E-state index contributed by atoms with van der Waals surface area (Å²) < 4.78 is 4.64. The molecule has 1 aromatic carbocycles. The van der Waals surface area contributed by atoms with Crippen LogP contribution in [0.15, 0.2) is 36.4 Å². The molecule has 0 saturated heterocycles. The van der Waals surface area contributed by atoms with Crippen molar-refractivity contribution in [2.75, 3.05) is 19.0 Å². The van der Waals surface area contributed by atoms with Crippen LogP contribution in [-0.4, -0.2) is 41.6 Å². The third kappa shape index (κ3) is 4.70. The van der Waals surface area contributed by atoms with E-state index in [1.165, 1.54) is 13.2 Å². The van der Waals surface area contributed by atoms with Gasteiger partial charge in [-0.15, -0.1) is 0 Å². The number of hydrogen-bond donors (Lipinski definition) is 4. The Bertz CT molecular complexity index is 785. The van der Waals surface area contributed by atoms with Crippen LogP contribution in [-0.2, 0) is 14.3 Å². The average molecular weight is 359 g/mol. The van der Waals surface area contributed by atoms with E-state index in [1.807, 2.05) is 6.07 Å². The number of aliphatic hydroxyl groups is 1. The molecule has 4 N–H and O–H groups in total. The second-order valence-corrected chi connectivity index (χ2v) is 5.64. The lowest BCUT2D eigenvalue weighted by Gasteiger charge is -2.18. The summed E-state index contributed by atoms with van der Waals surface area (Å²) in [6.07, 6.45) is 0.264. The highest BCUT2D eigenvalue weighted by atomic mass is 16.5. The van der Waals surface area contributed by atoms with Gasteiger partial charge in [-0.25, -0.2) is 4.79 Å². The quantitative estimate of drug-likeness (QED) is 0.457. The van der Waals surface area contributed by atoms with E-state index in [0.717, 1.165) is 5.56 Å².